The van der Waals surface area contributed by atoms with Crippen molar-refractivity contribution in [2.24, 2.45) is 0 Å². The Morgan fingerprint density at radius 2 is 1.76 bits per heavy atom. The van der Waals surface area contributed by atoms with Crippen molar-refractivity contribution in [2.45, 2.75) is 12.5 Å². The number of H-pyrrole nitrogens is 1. The smallest absolute Gasteiger partial charge is 0.328 e. The minimum absolute atomic E-state index is 0.320. The Balaban J connectivity index is 1.52. The third-order valence-electron chi connectivity index (χ3n) is 4.92. The number of carbonyl (C=O) groups excluding carboxylic acids is 2. The third-order valence-corrected chi connectivity index (χ3v) is 4.92. The fraction of sp³-hybridized carbons (Fsp3) is 0.130. The van der Waals surface area contributed by atoms with Crippen molar-refractivity contribution in [1.82, 2.24) is 14.9 Å². The number of esters is 1. The number of aromatic nitrogens is 2. The number of amides is 1. The van der Waals surface area contributed by atoms with Crippen molar-refractivity contribution in [3.05, 3.63) is 90.4 Å². The Labute approximate surface area is 168 Å². The third kappa shape index (κ3) is 3.91. The maximum absolute atomic E-state index is 12.7. The van der Waals surface area contributed by atoms with Crippen LogP contribution in [0.4, 0.5) is 0 Å². The van der Waals surface area contributed by atoms with E-state index in [2.05, 4.69) is 10.3 Å². The Morgan fingerprint density at radius 3 is 2.48 bits per heavy atom. The average molecular weight is 387 g/mol. The highest BCUT2D eigenvalue weighted by atomic mass is 16.5. The molecule has 29 heavy (non-hydrogen) atoms. The highest BCUT2D eigenvalue weighted by Crippen LogP contribution is 2.19. The van der Waals surface area contributed by atoms with Crippen LogP contribution in [0.25, 0.3) is 16.6 Å². The molecule has 6 nitrogen and oxygen atoms in total. The summed E-state index contributed by atoms with van der Waals surface area (Å²) in [5.74, 6) is -0.799. The summed E-state index contributed by atoms with van der Waals surface area (Å²) >= 11 is 0. The SMILES string of the molecule is COC(=O)[C@@H](Cc1c[nH]c2ccccc12)NC(=O)c1ccc(-n2cccc2)cc1. The molecule has 0 aliphatic heterocycles. The van der Waals surface area contributed by atoms with Gasteiger partial charge in [0.15, 0.2) is 0 Å². The number of nitrogens with zero attached hydrogens (tertiary/aromatic N) is 1. The Morgan fingerprint density at radius 1 is 1.03 bits per heavy atom. The number of ether oxygens (including phenoxy) is 1. The number of nitrogens with one attached hydrogen (secondary N) is 2. The zero-order valence-corrected chi connectivity index (χ0v) is 16.0. The van der Waals surface area contributed by atoms with Crippen LogP contribution in [0, 0.1) is 0 Å². The zero-order valence-electron chi connectivity index (χ0n) is 16.0. The molecule has 2 heterocycles. The lowest BCUT2D eigenvalue weighted by atomic mass is 10.0. The summed E-state index contributed by atoms with van der Waals surface area (Å²) in [5.41, 5.74) is 3.36. The van der Waals surface area contributed by atoms with Gasteiger partial charge in [0.1, 0.15) is 6.04 Å². The molecule has 0 spiro atoms. The molecule has 1 atom stereocenters. The van der Waals surface area contributed by atoms with E-state index in [9.17, 15) is 9.59 Å². The quantitative estimate of drug-likeness (QED) is 0.498. The molecular formula is C23H21N3O3. The molecule has 0 saturated heterocycles. The van der Waals surface area contributed by atoms with Crippen LogP contribution in [-0.4, -0.2) is 34.6 Å². The van der Waals surface area contributed by atoms with Gasteiger partial charge in [-0.25, -0.2) is 4.79 Å². The summed E-state index contributed by atoms with van der Waals surface area (Å²) in [5, 5.41) is 3.83. The summed E-state index contributed by atoms with van der Waals surface area (Å²) in [6.45, 7) is 0. The minimum Gasteiger partial charge on any atom is -0.467 e. The van der Waals surface area contributed by atoms with Gasteiger partial charge in [0.05, 0.1) is 7.11 Å². The van der Waals surface area contributed by atoms with Crippen LogP contribution >= 0.6 is 0 Å². The van der Waals surface area contributed by atoms with Crippen molar-refractivity contribution < 1.29 is 14.3 Å². The second-order valence-corrected chi connectivity index (χ2v) is 6.75. The van der Waals surface area contributed by atoms with E-state index in [1.165, 1.54) is 7.11 Å². The summed E-state index contributed by atoms with van der Waals surface area (Å²) in [6, 6.07) is 18.1. The van der Waals surface area contributed by atoms with Crippen molar-refractivity contribution in [3.63, 3.8) is 0 Å². The lowest BCUT2D eigenvalue weighted by molar-refractivity contribution is -0.142. The maximum Gasteiger partial charge on any atom is 0.328 e. The van der Waals surface area contributed by atoms with Gasteiger partial charge in [0, 0.05) is 47.2 Å². The molecule has 0 saturated carbocycles. The van der Waals surface area contributed by atoms with Crippen LogP contribution < -0.4 is 5.32 Å². The predicted octanol–water partition coefficient (Wildman–Crippen LogP) is 3.47. The first-order valence-corrected chi connectivity index (χ1v) is 9.33. The topological polar surface area (TPSA) is 76.1 Å². The zero-order chi connectivity index (χ0) is 20.2. The van der Waals surface area contributed by atoms with E-state index < -0.39 is 12.0 Å². The van der Waals surface area contributed by atoms with Gasteiger partial charge in [-0.1, -0.05) is 18.2 Å². The van der Waals surface area contributed by atoms with E-state index in [0.717, 1.165) is 22.2 Å². The summed E-state index contributed by atoms with van der Waals surface area (Å²) in [6.07, 6.45) is 6.07. The van der Waals surface area contributed by atoms with Gasteiger partial charge in [0.25, 0.3) is 5.91 Å². The van der Waals surface area contributed by atoms with Crippen LogP contribution in [0.15, 0.2) is 79.3 Å². The standard InChI is InChI=1S/C23H21N3O3/c1-29-23(28)21(14-17-15-24-20-7-3-2-6-19(17)20)25-22(27)16-8-10-18(11-9-16)26-12-4-5-13-26/h2-13,15,21,24H,14H2,1H3,(H,25,27)/t21-/m1/s1. The first-order chi connectivity index (χ1) is 14.2. The molecule has 0 radical (unpaired) electrons. The van der Waals surface area contributed by atoms with Gasteiger partial charge in [-0.2, -0.15) is 0 Å². The number of aromatic amines is 1. The number of fused-ring (bicyclic) bond motifs is 1. The van der Waals surface area contributed by atoms with Crippen LogP contribution in [0.5, 0.6) is 0 Å². The molecule has 2 N–H and O–H groups in total. The van der Waals surface area contributed by atoms with Gasteiger partial charge in [-0.3, -0.25) is 4.79 Å². The van der Waals surface area contributed by atoms with Gasteiger partial charge >= 0.3 is 5.97 Å². The molecule has 0 bridgehead atoms. The number of rotatable bonds is 6. The largest absolute Gasteiger partial charge is 0.467 e. The first-order valence-electron chi connectivity index (χ1n) is 9.33. The average Bonchev–Trinajstić information content (AvgIpc) is 3.43. The summed E-state index contributed by atoms with van der Waals surface area (Å²) < 4.78 is 6.87. The Kier molecular flexibility index (Phi) is 5.16. The molecule has 2 aromatic heterocycles. The molecule has 0 aliphatic carbocycles. The van der Waals surface area contributed by atoms with Gasteiger partial charge in [-0.05, 0) is 48.0 Å². The fourth-order valence-electron chi connectivity index (χ4n) is 3.39. The van der Waals surface area contributed by atoms with Crippen LogP contribution in [0.1, 0.15) is 15.9 Å². The summed E-state index contributed by atoms with van der Waals surface area (Å²) in [7, 11) is 1.32. The second kappa shape index (κ2) is 8.06. The van der Waals surface area contributed by atoms with E-state index in [-0.39, 0.29) is 5.91 Å². The van der Waals surface area contributed by atoms with E-state index in [1.807, 2.05) is 71.7 Å². The van der Waals surface area contributed by atoms with Gasteiger partial charge < -0.3 is 19.6 Å². The number of benzene rings is 2. The summed E-state index contributed by atoms with van der Waals surface area (Å²) in [4.78, 5) is 28.2. The van der Waals surface area contributed by atoms with Crippen molar-refractivity contribution >= 4 is 22.8 Å². The van der Waals surface area contributed by atoms with E-state index in [4.69, 9.17) is 4.74 Å². The molecule has 0 unspecified atom stereocenters. The van der Waals surface area contributed by atoms with E-state index in [1.54, 1.807) is 12.1 Å². The molecule has 146 valence electrons. The molecule has 4 rings (SSSR count). The normalized spacial score (nSPS) is 11.9. The van der Waals surface area contributed by atoms with Gasteiger partial charge in [-0.15, -0.1) is 0 Å². The fourth-order valence-corrected chi connectivity index (χ4v) is 3.39. The number of methoxy groups -OCH3 is 1. The lowest BCUT2D eigenvalue weighted by Crippen LogP contribution is -2.43. The van der Waals surface area contributed by atoms with E-state index in [0.29, 0.717) is 12.0 Å². The molecule has 0 aliphatic rings. The van der Waals surface area contributed by atoms with Crippen molar-refractivity contribution in [1.29, 1.82) is 0 Å². The molecular weight excluding hydrogens is 366 g/mol. The molecule has 1 amide bonds. The number of hydrogen-bond acceptors (Lipinski definition) is 3. The van der Waals surface area contributed by atoms with E-state index >= 15 is 0 Å². The monoisotopic (exact) mass is 387 g/mol. The van der Waals surface area contributed by atoms with Crippen LogP contribution in [0.2, 0.25) is 0 Å². The van der Waals surface area contributed by atoms with Crippen molar-refractivity contribution in [2.75, 3.05) is 7.11 Å². The molecule has 2 aromatic carbocycles. The number of hydrogen-bond donors (Lipinski definition) is 2. The van der Waals surface area contributed by atoms with Crippen molar-refractivity contribution in [3.8, 4) is 5.69 Å². The lowest BCUT2D eigenvalue weighted by Gasteiger charge is -2.16. The predicted molar refractivity (Wildman–Crippen MR) is 111 cm³/mol. The Hall–Kier alpha value is -3.80. The molecule has 0 fully saturated rings. The molecule has 4 aromatic rings. The number of carbonyl (C=O) groups is 2. The highest BCUT2D eigenvalue weighted by molar-refractivity contribution is 5.97. The maximum atomic E-state index is 12.7. The Bertz CT molecular complexity index is 1130. The highest BCUT2D eigenvalue weighted by Gasteiger charge is 2.24. The minimum atomic E-state index is -0.782. The number of para-hydroxylation sites is 1. The first kappa shape index (κ1) is 18.6. The van der Waals surface area contributed by atoms with Crippen LogP contribution in [0.3, 0.4) is 0 Å². The van der Waals surface area contributed by atoms with Crippen LogP contribution in [-0.2, 0) is 16.0 Å². The van der Waals surface area contributed by atoms with Gasteiger partial charge in [0.2, 0.25) is 0 Å². The second-order valence-electron chi connectivity index (χ2n) is 6.75. The molecule has 6 heteroatoms.